The first-order chi connectivity index (χ1) is 14.4. The molecule has 1 aromatic rings. The molecule has 8 heteroatoms. The first-order valence-electron chi connectivity index (χ1n) is 10.4. The number of carbonyl (C=O) groups is 1. The highest BCUT2D eigenvalue weighted by Gasteiger charge is 2.60. The van der Waals surface area contributed by atoms with E-state index in [2.05, 4.69) is 10.2 Å². The molecule has 7 nitrogen and oxygen atoms in total. The number of hydrogen-bond donors (Lipinski definition) is 3. The molecule has 2 aliphatic rings. The normalized spacial score (nSPS) is 30.1. The predicted molar refractivity (Wildman–Crippen MR) is 120 cm³/mol. The highest BCUT2D eigenvalue weighted by Crippen LogP contribution is 2.56. The fourth-order valence-electron chi connectivity index (χ4n) is 5.21. The number of nitrogens with zero attached hydrogens (tertiary/aromatic N) is 1. The number of aryl methyl sites for hydroxylation is 1. The first-order valence-corrected chi connectivity index (χ1v) is 12.3. The van der Waals surface area contributed by atoms with Gasteiger partial charge in [-0.2, -0.15) is 0 Å². The van der Waals surface area contributed by atoms with E-state index < -0.39 is 20.9 Å². The van der Waals surface area contributed by atoms with Crippen molar-refractivity contribution in [2.75, 3.05) is 19.8 Å². The van der Waals surface area contributed by atoms with E-state index in [1.54, 1.807) is 18.2 Å². The molecule has 31 heavy (non-hydrogen) atoms. The SMILES string of the molecule is C/C(=C\C1=C(NC=O)C[C@]2(c3cc(O)ccc3C)CCN(C)C(C)C2(O)C1)S(C)(=O)=O. The van der Waals surface area contributed by atoms with Crippen molar-refractivity contribution in [3.05, 3.63) is 51.6 Å². The number of piperidine rings is 1. The van der Waals surface area contributed by atoms with E-state index in [1.807, 2.05) is 27.0 Å². The topological polar surface area (TPSA) is 107 Å². The number of nitrogens with one attached hydrogen (secondary N) is 1. The average molecular weight is 449 g/mol. The van der Waals surface area contributed by atoms with E-state index in [0.717, 1.165) is 23.9 Å². The van der Waals surface area contributed by atoms with Gasteiger partial charge in [0.25, 0.3) is 0 Å². The molecule has 3 rings (SSSR count). The Morgan fingerprint density at radius 3 is 2.61 bits per heavy atom. The van der Waals surface area contributed by atoms with Gasteiger partial charge in [0.1, 0.15) is 5.75 Å². The van der Waals surface area contributed by atoms with Crippen molar-refractivity contribution in [2.24, 2.45) is 0 Å². The number of rotatable bonds is 5. The summed E-state index contributed by atoms with van der Waals surface area (Å²) >= 11 is 0. The van der Waals surface area contributed by atoms with Gasteiger partial charge in [0.15, 0.2) is 9.84 Å². The molecule has 1 heterocycles. The van der Waals surface area contributed by atoms with Crippen LogP contribution in [-0.4, -0.2) is 61.4 Å². The summed E-state index contributed by atoms with van der Waals surface area (Å²) in [6.07, 6.45) is 4.41. The molecule has 3 atom stereocenters. The molecular formula is C23H32N2O5S. The van der Waals surface area contributed by atoms with Gasteiger partial charge in [-0.1, -0.05) is 6.07 Å². The van der Waals surface area contributed by atoms with E-state index in [4.69, 9.17) is 0 Å². The zero-order valence-electron chi connectivity index (χ0n) is 18.8. The van der Waals surface area contributed by atoms with Gasteiger partial charge >= 0.3 is 0 Å². The van der Waals surface area contributed by atoms with E-state index in [-0.39, 0.29) is 23.1 Å². The molecule has 0 aromatic heterocycles. The summed E-state index contributed by atoms with van der Waals surface area (Å²) in [6.45, 7) is 6.17. The van der Waals surface area contributed by atoms with Crippen LogP contribution in [0.25, 0.3) is 0 Å². The summed E-state index contributed by atoms with van der Waals surface area (Å²) in [5, 5.41) is 25.3. The van der Waals surface area contributed by atoms with Crippen LogP contribution in [0.15, 0.2) is 40.5 Å². The fourth-order valence-corrected chi connectivity index (χ4v) is 5.56. The predicted octanol–water partition coefficient (Wildman–Crippen LogP) is 2.14. The van der Waals surface area contributed by atoms with Crippen molar-refractivity contribution in [1.82, 2.24) is 10.2 Å². The third kappa shape index (κ3) is 3.92. The van der Waals surface area contributed by atoms with Crippen molar-refractivity contribution in [3.63, 3.8) is 0 Å². The number of aliphatic hydroxyl groups is 1. The maximum Gasteiger partial charge on any atom is 0.211 e. The summed E-state index contributed by atoms with van der Waals surface area (Å²) in [7, 11) is -1.45. The molecule has 0 bridgehead atoms. The number of phenols is 1. The number of aromatic hydroxyl groups is 1. The van der Waals surface area contributed by atoms with E-state index >= 15 is 0 Å². The number of likely N-dealkylation sites (N-methyl/N-ethyl adjacent to an activating group) is 1. The molecule has 3 N–H and O–H groups in total. The Morgan fingerprint density at radius 2 is 2.00 bits per heavy atom. The van der Waals surface area contributed by atoms with Gasteiger partial charge in [-0.3, -0.25) is 4.79 Å². The highest BCUT2D eigenvalue weighted by molar-refractivity contribution is 7.94. The minimum Gasteiger partial charge on any atom is -0.508 e. The lowest BCUT2D eigenvalue weighted by molar-refractivity contribution is -0.132. The number of sulfone groups is 1. The number of likely N-dealkylation sites (tertiary alicyclic amines) is 1. The molecule has 0 saturated carbocycles. The quantitative estimate of drug-likeness (QED) is 0.596. The van der Waals surface area contributed by atoms with Crippen molar-refractivity contribution in [2.45, 2.75) is 57.1 Å². The van der Waals surface area contributed by atoms with E-state index in [1.165, 1.54) is 6.92 Å². The number of phenolic OH excluding ortho intramolecular Hbond substituents is 1. The van der Waals surface area contributed by atoms with Crippen LogP contribution >= 0.6 is 0 Å². The Balaban J connectivity index is 2.30. The largest absolute Gasteiger partial charge is 0.508 e. The van der Waals surface area contributed by atoms with Crippen molar-refractivity contribution in [3.8, 4) is 5.75 Å². The minimum absolute atomic E-state index is 0.122. The van der Waals surface area contributed by atoms with Gasteiger partial charge in [0, 0.05) is 41.2 Å². The molecule has 1 aromatic carbocycles. The second-order valence-corrected chi connectivity index (χ2v) is 11.2. The summed E-state index contributed by atoms with van der Waals surface area (Å²) in [5.74, 6) is 0.122. The second kappa shape index (κ2) is 8.07. The van der Waals surface area contributed by atoms with Gasteiger partial charge < -0.3 is 20.4 Å². The van der Waals surface area contributed by atoms with Crippen LogP contribution < -0.4 is 5.32 Å². The molecule has 1 saturated heterocycles. The average Bonchev–Trinajstić information content (AvgIpc) is 2.68. The van der Waals surface area contributed by atoms with Gasteiger partial charge in [-0.05, 0) is 75.7 Å². The number of carbonyl (C=O) groups excluding carboxylic acids is 1. The summed E-state index contributed by atoms with van der Waals surface area (Å²) < 4.78 is 24.1. The van der Waals surface area contributed by atoms with Gasteiger partial charge in [0.2, 0.25) is 6.41 Å². The number of amides is 1. The van der Waals surface area contributed by atoms with E-state index in [0.29, 0.717) is 30.5 Å². The van der Waals surface area contributed by atoms with E-state index in [9.17, 15) is 23.4 Å². The zero-order chi connectivity index (χ0) is 23.2. The maximum absolute atomic E-state index is 12.3. The smallest absolute Gasteiger partial charge is 0.211 e. The molecule has 1 fully saturated rings. The molecular weight excluding hydrogens is 416 g/mol. The Kier molecular flexibility index (Phi) is 6.12. The number of allylic oxidation sites excluding steroid dienone is 3. The van der Waals surface area contributed by atoms with Crippen molar-refractivity contribution < 1.29 is 23.4 Å². The van der Waals surface area contributed by atoms with Gasteiger partial charge in [0.05, 0.1) is 5.60 Å². The van der Waals surface area contributed by atoms with Crippen molar-refractivity contribution in [1.29, 1.82) is 0 Å². The zero-order valence-corrected chi connectivity index (χ0v) is 19.6. The Hall–Kier alpha value is -2.16. The van der Waals surface area contributed by atoms with Crippen LogP contribution in [0.1, 0.15) is 44.2 Å². The van der Waals surface area contributed by atoms with Crippen LogP contribution in [0.3, 0.4) is 0 Å². The second-order valence-electron chi connectivity index (χ2n) is 9.06. The van der Waals surface area contributed by atoms with Gasteiger partial charge in [-0.15, -0.1) is 0 Å². The number of benzene rings is 1. The summed E-state index contributed by atoms with van der Waals surface area (Å²) in [6, 6.07) is 4.93. The minimum atomic E-state index is -3.41. The standard InChI is InChI=1S/C23H32N2O5S/c1-15-6-7-19(27)11-20(15)22-8-9-25(4)17(3)23(22,28)12-18(21(13-22)24-14-26)10-16(2)31(5,29)30/h6-7,10-11,14,17,27-28H,8-9,12-13H2,1-5H3,(H,24,26)/b16-10+/t17?,22-,23?/m0/s1. The number of fused-ring (bicyclic) bond motifs is 1. The fraction of sp³-hybridized carbons (Fsp3) is 0.522. The lowest BCUT2D eigenvalue weighted by Gasteiger charge is -2.60. The Morgan fingerprint density at radius 1 is 1.32 bits per heavy atom. The van der Waals surface area contributed by atoms with Crippen LogP contribution in [-0.2, 0) is 20.0 Å². The molecule has 2 unspecified atom stereocenters. The molecule has 170 valence electrons. The van der Waals surface area contributed by atoms with Crippen LogP contribution in [0, 0.1) is 6.92 Å². The number of hydrogen-bond acceptors (Lipinski definition) is 6. The molecule has 0 spiro atoms. The van der Waals surface area contributed by atoms with Gasteiger partial charge in [-0.25, -0.2) is 8.42 Å². The molecule has 1 aliphatic carbocycles. The lowest BCUT2D eigenvalue weighted by Crippen LogP contribution is -2.68. The molecule has 1 aliphatic heterocycles. The monoisotopic (exact) mass is 448 g/mol. The molecule has 1 amide bonds. The van der Waals surface area contributed by atoms with Crippen LogP contribution in [0.4, 0.5) is 0 Å². The Labute approximate surface area is 184 Å². The van der Waals surface area contributed by atoms with Crippen LogP contribution in [0.5, 0.6) is 5.75 Å². The maximum atomic E-state index is 12.3. The Bertz CT molecular complexity index is 1060. The van der Waals surface area contributed by atoms with Crippen LogP contribution in [0.2, 0.25) is 0 Å². The first kappa shape index (κ1) is 23.5. The third-order valence-corrected chi connectivity index (χ3v) is 8.62. The third-order valence-electron chi connectivity index (χ3n) is 7.33. The molecule has 0 radical (unpaired) electrons. The van der Waals surface area contributed by atoms with Crippen molar-refractivity contribution >= 4 is 16.2 Å². The summed E-state index contributed by atoms with van der Waals surface area (Å²) in [4.78, 5) is 13.7. The highest BCUT2D eigenvalue weighted by atomic mass is 32.2. The summed E-state index contributed by atoms with van der Waals surface area (Å²) in [5.41, 5.74) is 1.02. The lowest BCUT2D eigenvalue weighted by atomic mass is 9.53.